The van der Waals surface area contributed by atoms with Gasteiger partial charge in [0.2, 0.25) is 0 Å². The van der Waals surface area contributed by atoms with Crippen molar-refractivity contribution in [2.24, 2.45) is 0 Å². The number of aryl methyl sites for hydroxylation is 1. The average molecular weight is 410 g/mol. The maximum atomic E-state index is 12.6. The van der Waals surface area contributed by atoms with Gasteiger partial charge >= 0.3 is 0 Å². The average Bonchev–Trinajstić information content (AvgIpc) is 3.07. The van der Waals surface area contributed by atoms with Crippen molar-refractivity contribution in [3.05, 3.63) is 64.1 Å². The monoisotopic (exact) mass is 409 g/mol. The normalized spacial score (nSPS) is 13.3. The molecule has 0 atom stereocenters. The van der Waals surface area contributed by atoms with Gasteiger partial charge in [-0.3, -0.25) is 9.59 Å². The van der Waals surface area contributed by atoms with Crippen LogP contribution in [0.2, 0.25) is 5.02 Å². The van der Waals surface area contributed by atoms with Gasteiger partial charge in [0.05, 0.1) is 23.1 Å². The van der Waals surface area contributed by atoms with Crippen LogP contribution in [-0.2, 0) is 0 Å². The fraction of sp³-hybridized carbons (Fsp3) is 0.263. The van der Waals surface area contributed by atoms with Crippen molar-refractivity contribution in [1.29, 1.82) is 0 Å². The molecule has 3 N–H and O–H groups in total. The van der Waals surface area contributed by atoms with Gasteiger partial charge < -0.3 is 20.4 Å². The van der Waals surface area contributed by atoms with Gasteiger partial charge in [0, 0.05) is 18.1 Å². The highest BCUT2D eigenvalue weighted by atomic mass is 35.5. The quantitative estimate of drug-likeness (QED) is 0.659. The molecule has 2 amide bonds. The molecule has 1 aliphatic rings. The zero-order chi connectivity index (χ0) is 18.5. The van der Waals surface area contributed by atoms with Gasteiger partial charge in [-0.25, -0.2) is 0 Å². The van der Waals surface area contributed by atoms with Crippen LogP contribution in [0.5, 0.6) is 0 Å². The molecule has 0 unspecified atom stereocenters. The summed E-state index contributed by atoms with van der Waals surface area (Å²) >= 11 is 6.04. The van der Waals surface area contributed by atoms with Crippen molar-refractivity contribution in [2.45, 2.75) is 13.3 Å². The second-order valence-corrected chi connectivity index (χ2v) is 6.47. The summed E-state index contributed by atoms with van der Waals surface area (Å²) in [6, 6.07) is 6.37. The highest BCUT2D eigenvalue weighted by Crippen LogP contribution is 2.23. The van der Waals surface area contributed by atoms with E-state index in [1.165, 1.54) is 11.8 Å². The molecule has 2 aromatic rings. The largest absolute Gasteiger partial charge is 0.469 e. The van der Waals surface area contributed by atoms with Crippen molar-refractivity contribution in [1.82, 2.24) is 10.6 Å². The van der Waals surface area contributed by atoms with Crippen molar-refractivity contribution in [2.75, 3.05) is 25.0 Å². The molecule has 27 heavy (non-hydrogen) atoms. The second-order valence-electron chi connectivity index (χ2n) is 6.03. The van der Waals surface area contributed by atoms with Crippen molar-refractivity contribution < 1.29 is 14.0 Å². The number of carbonyl (C=O) groups excluding carboxylic acids is 2. The van der Waals surface area contributed by atoms with E-state index < -0.39 is 0 Å². The highest BCUT2D eigenvalue weighted by Gasteiger charge is 2.17. The first-order valence-electron chi connectivity index (χ1n) is 8.36. The summed E-state index contributed by atoms with van der Waals surface area (Å²) in [5.41, 5.74) is 2.32. The van der Waals surface area contributed by atoms with Crippen molar-refractivity contribution >= 4 is 41.5 Å². The summed E-state index contributed by atoms with van der Waals surface area (Å²) in [7, 11) is 0. The number of amides is 2. The molecule has 1 aliphatic heterocycles. The fourth-order valence-corrected chi connectivity index (χ4v) is 2.92. The third-order valence-corrected chi connectivity index (χ3v) is 4.45. The molecular formula is C19H21Cl2N3O3. The maximum absolute atomic E-state index is 12.6. The number of halogens is 2. The SMILES string of the molecule is Cc1occc1C(=O)Nc1cc(Cl)ccc1C(=O)NCC1=CCNCC1.Cl. The van der Waals surface area contributed by atoms with Gasteiger partial charge in [-0.05, 0) is 44.2 Å². The number of furan rings is 1. The summed E-state index contributed by atoms with van der Waals surface area (Å²) in [6.45, 7) is 3.91. The minimum Gasteiger partial charge on any atom is -0.469 e. The zero-order valence-electron chi connectivity index (χ0n) is 14.8. The van der Waals surface area contributed by atoms with E-state index in [9.17, 15) is 9.59 Å². The van der Waals surface area contributed by atoms with Crippen LogP contribution < -0.4 is 16.0 Å². The molecule has 6 nitrogen and oxygen atoms in total. The lowest BCUT2D eigenvalue weighted by Gasteiger charge is -2.16. The van der Waals surface area contributed by atoms with Crippen LogP contribution in [0.25, 0.3) is 0 Å². The predicted molar refractivity (Wildman–Crippen MR) is 108 cm³/mol. The Morgan fingerprint density at radius 3 is 2.70 bits per heavy atom. The molecule has 0 saturated carbocycles. The number of benzene rings is 1. The zero-order valence-corrected chi connectivity index (χ0v) is 16.4. The molecule has 0 fully saturated rings. The van der Waals surface area contributed by atoms with E-state index in [1.807, 2.05) is 0 Å². The summed E-state index contributed by atoms with van der Waals surface area (Å²) < 4.78 is 5.15. The van der Waals surface area contributed by atoms with E-state index >= 15 is 0 Å². The van der Waals surface area contributed by atoms with Crippen LogP contribution in [0.4, 0.5) is 5.69 Å². The van der Waals surface area contributed by atoms with Gasteiger partial charge in [0.25, 0.3) is 11.8 Å². The maximum Gasteiger partial charge on any atom is 0.259 e. The number of rotatable bonds is 5. The van der Waals surface area contributed by atoms with Gasteiger partial charge in [-0.1, -0.05) is 23.3 Å². The van der Waals surface area contributed by atoms with Crippen molar-refractivity contribution in [3.63, 3.8) is 0 Å². The van der Waals surface area contributed by atoms with Crippen LogP contribution in [0.15, 0.2) is 46.6 Å². The lowest BCUT2D eigenvalue weighted by Crippen LogP contribution is -2.30. The molecule has 3 rings (SSSR count). The number of hydrogen-bond acceptors (Lipinski definition) is 4. The first-order chi connectivity index (χ1) is 12.5. The molecular weight excluding hydrogens is 389 g/mol. The molecule has 0 aliphatic carbocycles. The summed E-state index contributed by atoms with van der Waals surface area (Å²) in [6.07, 6.45) is 4.43. The lowest BCUT2D eigenvalue weighted by molar-refractivity contribution is 0.0957. The van der Waals surface area contributed by atoms with Crippen LogP contribution in [-0.4, -0.2) is 31.4 Å². The molecule has 2 heterocycles. The Hall–Kier alpha value is -2.28. The molecule has 0 bridgehead atoms. The fourth-order valence-electron chi connectivity index (χ4n) is 2.75. The lowest BCUT2D eigenvalue weighted by atomic mass is 10.1. The topological polar surface area (TPSA) is 83.4 Å². The molecule has 1 aromatic carbocycles. The summed E-state index contributed by atoms with van der Waals surface area (Å²) in [5, 5.41) is 9.31. The molecule has 0 spiro atoms. The smallest absolute Gasteiger partial charge is 0.259 e. The Morgan fingerprint density at radius 2 is 2.04 bits per heavy atom. The van der Waals surface area contributed by atoms with E-state index in [-0.39, 0.29) is 24.2 Å². The number of hydrogen-bond donors (Lipinski definition) is 3. The Labute approximate surface area is 168 Å². The van der Waals surface area contributed by atoms with Crippen molar-refractivity contribution in [3.8, 4) is 0 Å². The second kappa shape index (κ2) is 9.60. The Balaban J connectivity index is 0.00000261. The number of anilines is 1. The first kappa shape index (κ1) is 21.0. The van der Waals surface area contributed by atoms with E-state index in [4.69, 9.17) is 16.0 Å². The third kappa shape index (κ3) is 5.35. The standard InChI is InChI=1S/C19H20ClN3O3.ClH/c1-12-15(6-9-26-12)19(25)23-17-10-14(20)2-3-16(17)18(24)22-11-13-4-7-21-8-5-13;/h2-4,6,9-10,21H,5,7-8,11H2,1H3,(H,22,24)(H,23,25);1H. The first-order valence-corrected chi connectivity index (χ1v) is 8.74. The Kier molecular flexibility index (Phi) is 7.47. The van der Waals surface area contributed by atoms with Crippen LogP contribution in [0.1, 0.15) is 32.9 Å². The molecule has 0 saturated heterocycles. The predicted octanol–water partition coefficient (Wildman–Crippen LogP) is 3.57. The van der Waals surface area contributed by atoms with Gasteiger partial charge in [-0.2, -0.15) is 0 Å². The van der Waals surface area contributed by atoms with Crippen LogP contribution in [0, 0.1) is 6.92 Å². The van der Waals surface area contributed by atoms with Crippen LogP contribution >= 0.6 is 24.0 Å². The molecule has 0 radical (unpaired) electrons. The third-order valence-electron chi connectivity index (χ3n) is 4.21. The molecule has 8 heteroatoms. The van der Waals surface area contributed by atoms with E-state index in [0.717, 1.165) is 19.5 Å². The number of carbonyl (C=O) groups is 2. The van der Waals surface area contributed by atoms with Crippen LogP contribution in [0.3, 0.4) is 0 Å². The minimum atomic E-state index is -0.353. The summed E-state index contributed by atoms with van der Waals surface area (Å²) in [4.78, 5) is 25.0. The van der Waals surface area contributed by atoms with E-state index in [0.29, 0.717) is 34.1 Å². The Bertz CT molecular complexity index is 862. The molecule has 144 valence electrons. The Morgan fingerprint density at radius 1 is 1.22 bits per heavy atom. The summed E-state index contributed by atoms with van der Waals surface area (Å²) in [5.74, 6) is -0.109. The number of nitrogens with one attached hydrogen (secondary N) is 3. The van der Waals surface area contributed by atoms with E-state index in [2.05, 4.69) is 22.0 Å². The molecule has 1 aromatic heterocycles. The minimum absolute atomic E-state index is 0. The van der Waals surface area contributed by atoms with Gasteiger partial charge in [-0.15, -0.1) is 12.4 Å². The van der Waals surface area contributed by atoms with E-state index in [1.54, 1.807) is 31.2 Å². The highest BCUT2D eigenvalue weighted by molar-refractivity contribution is 6.31. The van der Waals surface area contributed by atoms with Gasteiger partial charge in [0.1, 0.15) is 5.76 Å². The van der Waals surface area contributed by atoms with Gasteiger partial charge in [0.15, 0.2) is 0 Å².